The number of nitrogens with zero attached hydrogens (tertiary/aromatic N) is 1. The van der Waals surface area contributed by atoms with Gasteiger partial charge in [-0.1, -0.05) is 30.3 Å². The summed E-state index contributed by atoms with van der Waals surface area (Å²) in [6, 6.07) is 10.00. The minimum absolute atomic E-state index is 0.142. The number of ether oxygens (including phenoxy) is 4. The van der Waals surface area contributed by atoms with Gasteiger partial charge in [-0.3, -0.25) is 23.9 Å². The largest absolute Gasteiger partial charge is 0.456 e. The number of aromatic nitrogens is 2. The Morgan fingerprint density at radius 2 is 1.87 bits per heavy atom. The number of hydrogen-bond donors (Lipinski definition) is 6. The van der Waals surface area contributed by atoms with E-state index in [2.05, 4.69) is 5.32 Å². The highest BCUT2D eigenvalue weighted by atomic mass is 16.7. The highest BCUT2D eigenvalue weighted by molar-refractivity contribution is 5.91. The molecule has 7 N–H and O–H groups in total. The van der Waals surface area contributed by atoms with Gasteiger partial charge < -0.3 is 45.3 Å². The van der Waals surface area contributed by atoms with Crippen LogP contribution in [0.4, 0.5) is 0 Å². The molecule has 4 rings (SSSR count). The molecule has 0 bridgehead atoms. The van der Waals surface area contributed by atoms with Crippen molar-refractivity contribution in [3.8, 4) is 0 Å². The average Bonchev–Trinajstić information content (AvgIpc) is 3.23. The molecule has 0 unspecified atom stereocenters. The maximum Gasteiger partial charge on any atom is 0.330 e. The number of H-pyrrole nitrogens is 1. The number of nitrogens with two attached hydrogens (primary N) is 1. The first-order valence-electron chi connectivity index (χ1n) is 11.8. The summed E-state index contributed by atoms with van der Waals surface area (Å²) in [5, 5.41) is 34.1. The van der Waals surface area contributed by atoms with E-state index in [1.165, 1.54) is 7.11 Å². The Bertz CT molecular complexity index is 1330. The van der Waals surface area contributed by atoms with Crippen molar-refractivity contribution in [1.82, 2.24) is 14.9 Å². The van der Waals surface area contributed by atoms with Gasteiger partial charge in [0.15, 0.2) is 18.1 Å². The van der Waals surface area contributed by atoms with Gasteiger partial charge in [-0.25, -0.2) is 4.79 Å². The van der Waals surface area contributed by atoms with E-state index in [1.54, 1.807) is 24.3 Å². The Morgan fingerprint density at radius 1 is 1.15 bits per heavy atom. The number of nitrogens with one attached hydrogen (secondary N) is 2. The number of rotatable bonds is 9. The second-order valence-electron chi connectivity index (χ2n) is 8.83. The molecule has 210 valence electrons. The molecule has 1 aromatic heterocycles. The molecule has 1 aromatic carbocycles. The highest BCUT2D eigenvalue weighted by Crippen LogP contribution is 2.34. The van der Waals surface area contributed by atoms with Gasteiger partial charge >= 0.3 is 5.69 Å². The lowest BCUT2D eigenvalue weighted by atomic mass is 10.0. The summed E-state index contributed by atoms with van der Waals surface area (Å²) in [4.78, 5) is 50.8. The average molecular weight is 549 g/mol. The zero-order valence-corrected chi connectivity index (χ0v) is 20.6. The summed E-state index contributed by atoms with van der Waals surface area (Å²) in [6.45, 7) is 0.142. The third-order valence-corrected chi connectivity index (χ3v) is 6.22. The van der Waals surface area contributed by atoms with E-state index in [9.17, 15) is 34.5 Å². The van der Waals surface area contributed by atoms with Crippen LogP contribution in [0.1, 0.15) is 11.8 Å². The number of aliphatic hydroxyl groups is 3. The van der Waals surface area contributed by atoms with Crippen LogP contribution in [0.15, 0.2) is 64.0 Å². The van der Waals surface area contributed by atoms with Crippen LogP contribution < -0.4 is 22.3 Å². The monoisotopic (exact) mass is 548 g/mol. The normalized spacial score (nSPS) is 29.2. The van der Waals surface area contributed by atoms with Crippen molar-refractivity contribution in [3.05, 3.63) is 80.8 Å². The molecule has 8 atom stereocenters. The summed E-state index contributed by atoms with van der Waals surface area (Å²) < 4.78 is 22.9. The predicted octanol–water partition coefficient (Wildman–Crippen LogP) is -3.04. The zero-order valence-electron chi connectivity index (χ0n) is 20.6. The predicted molar refractivity (Wildman–Crippen MR) is 129 cm³/mol. The number of carbonyl (C=O) groups excluding carboxylic acids is 2. The Morgan fingerprint density at radius 3 is 2.51 bits per heavy atom. The van der Waals surface area contributed by atoms with Crippen molar-refractivity contribution < 1.29 is 43.9 Å². The van der Waals surface area contributed by atoms with Crippen LogP contribution in [0.3, 0.4) is 0 Å². The third kappa shape index (κ3) is 6.08. The van der Waals surface area contributed by atoms with Crippen LogP contribution in [0, 0.1) is 0 Å². The van der Waals surface area contributed by atoms with Gasteiger partial charge in [-0.2, -0.15) is 0 Å². The van der Waals surface area contributed by atoms with Crippen molar-refractivity contribution in [2.45, 2.75) is 55.7 Å². The molecule has 2 aliphatic heterocycles. The van der Waals surface area contributed by atoms with E-state index < -0.39 is 72.2 Å². The molecular formula is C24H28N4O11. The molecule has 2 aliphatic rings. The number of primary amides is 1. The first-order valence-corrected chi connectivity index (χ1v) is 11.8. The Labute approximate surface area is 220 Å². The molecule has 2 amide bonds. The molecule has 0 spiro atoms. The minimum atomic E-state index is -1.77. The number of benzene rings is 1. The van der Waals surface area contributed by atoms with Crippen LogP contribution in [0.2, 0.25) is 0 Å². The van der Waals surface area contributed by atoms with Gasteiger partial charge in [-0.15, -0.1) is 0 Å². The second-order valence-corrected chi connectivity index (χ2v) is 8.83. The number of amides is 2. The summed E-state index contributed by atoms with van der Waals surface area (Å²) >= 11 is 0. The lowest BCUT2D eigenvalue weighted by molar-refractivity contribution is -0.241. The van der Waals surface area contributed by atoms with Gasteiger partial charge in [0.2, 0.25) is 12.2 Å². The fourth-order valence-corrected chi connectivity index (χ4v) is 4.25. The summed E-state index contributed by atoms with van der Waals surface area (Å²) in [5.74, 6) is -2.24. The first-order chi connectivity index (χ1) is 18.6. The fourth-order valence-electron chi connectivity index (χ4n) is 4.25. The Hall–Kier alpha value is -3.86. The lowest BCUT2D eigenvalue weighted by Crippen LogP contribution is -2.54. The van der Waals surface area contributed by atoms with Crippen LogP contribution >= 0.6 is 0 Å². The standard InChI is InChI=1S/C24H28N4O11/c1-36-17-16(32)22(28-8-7-14(30)27-24(28)35)38-18(17)19(20(25)33)39-23-15(31)12(29)9-13(37-23)21(34)26-10-11-5-3-2-4-6-11/h2-9,12,15-19,22-23,29,31-32H,10H2,1H3,(H2,25,33)(H,26,34)(H,27,30,35)/t12-,15-,16+,17-,18-,19+,22+,23+/m0/s1. The molecule has 1 fully saturated rings. The third-order valence-electron chi connectivity index (χ3n) is 6.22. The lowest BCUT2D eigenvalue weighted by Gasteiger charge is -2.35. The van der Waals surface area contributed by atoms with E-state index in [1.807, 2.05) is 11.1 Å². The maximum absolute atomic E-state index is 12.7. The van der Waals surface area contributed by atoms with E-state index in [0.717, 1.165) is 28.5 Å². The summed E-state index contributed by atoms with van der Waals surface area (Å²) in [7, 11) is 1.20. The van der Waals surface area contributed by atoms with Crippen LogP contribution in [0.5, 0.6) is 0 Å². The SMILES string of the molecule is CO[C@H]1[C@@H](O)[C@H](n2ccc(=O)[nH]c2=O)O[C@@H]1[C@@H](O[C@H]1OC(C(=O)NCc2ccccc2)=C[C@H](O)[C@@H]1O)C(N)=O. The van der Waals surface area contributed by atoms with Crippen molar-refractivity contribution >= 4 is 11.8 Å². The number of aromatic amines is 1. The van der Waals surface area contributed by atoms with Crippen molar-refractivity contribution in [2.75, 3.05) is 7.11 Å². The number of aliphatic hydroxyl groups excluding tert-OH is 3. The van der Waals surface area contributed by atoms with E-state index in [-0.39, 0.29) is 12.3 Å². The van der Waals surface area contributed by atoms with E-state index >= 15 is 0 Å². The molecule has 0 saturated carbocycles. The van der Waals surface area contributed by atoms with Crippen molar-refractivity contribution in [3.63, 3.8) is 0 Å². The molecule has 15 heteroatoms. The molecule has 39 heavy (non-hydrogen) atoms. The topological polar surface area (TPSA) is 225 Å². The second kappa shape index (κ2) is 11.9. The smallest absolute Gasteiger partial charge is 0.330 e. The highest BCUT2D eigenvalue weighted by Gasteiger charge is 2.52. The van der Waals surface area contributed by atoms with Gasteiger partial charge in [0.05, 0.1) is 0 Å². The maximum atomic E-state index is 12.7. The van der Waals surface area contributed by atoms with Crippen LogP contribution in [0.25, 0.3) is 0 Å². The first kappa shape index (κ1) is 28.2. The number of methoxy groups -OCH3 is 1. The quantitative estimate of drug-likeness (QED) is 0.185. The number of carbonyl (C=O) groups is 2. The van der Waals surface area contributed by atoms with E-state index in [0.29, 0.717) is 0 Å². The molecule has 1 saturated heterocycles. The summed E-state index contributed by atoms with van der Waals surface area (Å²) in [6.07, 6.45) is -10.5. The molecule has 0 radical (unpaired) electrons. The molecule has 0 aliphatic carbocycles. The zero-order chi connectivity index (χ0) is 28.3. The van der Waals surface area contributed by atoms with Gasteiger partial charge in [0.1, 0.15) is 30.5 Å². The summed E-state index contributed by atoms with van der Waals surface area (Å²) in [5.41, 5.74) is 4.74. The van der Waals surface area contributed by atoms with Crippen molar-refractivity contribution in [1.29, 1.82) is 0 Å². The Kier molecular flexibility index (Phi) is 8.59. The molecule has 3 heterocycles. The number of hydrogen-bond acceptors (Lipinski definition) is 11. The van der Waals surface area contributed by atoms with Gasteiger partial charge in [-0.05, 0) is 11.6 Å². The van der Waals surface area contributed by atoms with Gasteiger partial charge in [0, 0.05) is 25.9 Å². The Balaban J connectivity index is 1.51. The van der Waals surface area contributed by atoms with Crippen LogP contribution in [-0.2, 0) is 35.1 Å². The van der Waals surface area contributed by atoms with E-state index in [4.69, 9.17) is 24.7 Å². The molecule has 15 nitrogen and oxygen atoms in total. The minimum Gasteiger partial charge on any atom is -0.456 e. The molecular weight excluding hydrogens is 520 g/mol. The molecule has 2 aromatic rings. The van der Waals surface area contributed by atoms with Crippen molar-refractivity contribution in [2.24, 2.45) is 5.73 Å². The van der Waals surface area contributed by atoms with Crippen LogP contribution in [-0.4, -0.2) is 86.7 Å². The fraction of sp³-hybridized carbons (Fsp3) is 0.417. The van der Waals surface area contributed by atoms with Gasteiger partial charge in [0.25, 0.3) is 11.5 Å².